The van der Waals surface area contributed by atoms with Gasteiger partial charge in [0.25, 0.3) is 0 Å². The van der Waals surface area contributed by atoms with Crippen molar-refractivity contribution in [2.75, 3.05) is 11.9 Å². The van der Waals surface area contributed by atoms with Gasteiger partial charge in [-0.3, -0.25) is 4.79 Å². The van der Waals surface area contributed by atoms with Crippen LogP contribution < -0.4 is 10.1 Å². The first-order valence-corrected chi connectivity index (χ1v) is 12.7. The van der Waals surface area contributed by atoms with E-state index in [2.05, 4.69) is 5.32 Å². The van der Waals surface area contributed by atoms with Crippen LogP contribution in [0.4, 0.5) is 18.9 Å². The molecule has 0 spiro atoms. The molecule has 2 aromatic rings. The van der Waals surface area contributed by atoms with Gasteiger partial charge in [0.2, 0.25) is 15.9 Å². The second-order valence-corrected chi connectivity index (χ2v) is 11.0. The SMILES string of the molecule is CC(C)Oc1ccc(NC(=O)C2CC3CCC2N(S(=O)(=O)c2ccc(C(F)(F)F)cc2)C3)cc1. The summed E-state index contributed by atoms with van der Waals surface area (Å²) in [7, 11) is -4.04. The highest BCUT2D eigenvalue weighted by atomic mass is 32.2. The lowest BCUT2D eigenvalue weighted by Crippen LogP contribution is -2.57. The predicted octanol–water partition coefficient (Wildman–Crippen LogP) is 4.92. The Labute approximate surface area is 197 Å². The minimum atomic E-state index is -4.55. The van der Waals surface area contributed by atoms with Gasteiger partial charge in [0.1, 0.15) is 5.75 Å². The Morgan fingerprint density at radius 3 is 2.26 bits per heavy atom. The number of piperidine rings is 2. The Kier molecular flexibility index (Phi) is 6.65. The summed E-state index contributed by atoms with van der Waals surface area (Å²) in [6, 6.07) is 9.93. The Morgan fingerprint density at radius 1 is 1.06 bits per heavy atom. The van der Waals surface area contributed by atoms with Crippen molar-refractivity contribution >= 4 is 21.6 Å². The predicted molar refractivity (Wildman–Crippen MR) is 121 cm³/mol. The molecular formula is C24H27F3N2O4S. The zero-order valence-electron chi connectivity index (χ0n) is 18.9. The molecule has 5 rings (SSSR count). The molecule has 6 nitrogen and oxygen atoms in total. The summed E-state index contributed by atoms with van der Waals surface area (Å²) >= 11 is 0. The van der Waals surface area contributed by atoms with E-state index < -0.39 is 33.7 Å². The third-order valence-corrected chi connectivity index (χ3v) is 8.25. The first kappa shape index (κ1) is 24.5. The summed E-state index contributed by atoms with van der Waals surface area (Å²) in [5, 5.41) is 2.87. The minimum Gasteiger partial charge on any atom is -0.491 e. The second kappa shape index (κ2) is 9.22. The highest BCUT2D eigenvalue weighted by molar-refractivity contribution is 7.89. The molecule has 1 N–H and O–H groups in total. The average molecular weight is 497 g/mol. The van der Waals surface area contributed by atoms with Gasteiger partial charge in [0.15, 0.2) is 0 Å². The highest BCUT2D eigenvalue weighted by Crippen LogP contribution is 2.42. The van der Waals surface area contributed by atoms with Gasteiger partial charge in [-0.1, -0.05) is 0 Å². The van der Waals surface area contributed by atoms with Crippen LogP contribution in [0.15, 0.2) is 53.4 Å². The van der Waals surface area contributed by atoms with Gasteiger partial charge in [-0.15, -0.1) is 0 Å². The number of anilines is 1. The number of ether oxygens (including phenoxy) is 1. The van der Waals surface area contributed by atoms with Crippen molar-refractivity contribution in [3.8, 4) is 5.75 Å². The van der Waals surface area contributed by atoms with Gasteiger partial charge in [-0.25, -0.2) is 8.42 Å². The van der Waals surface area contributed by atoms with E-state index in [0.29, 0.717) is 24.3 Å². The normalized spacial score (nSPS) is 23.2. The summed E-state index contributed by atoms with van der Waals surface area (Å²) < 4.78 is 72.1. The monoisotopic (exact) mass is 496 g/mol. The molecule has 2 saturated heterocycles. The smallest absolute Gasteiger partial charge is 0.416 e. The third kappa shape index (κ3) is 5.07. The molecule has 34 heavy (non-hydrogen) atoms. The Morgan fingerprint density at radius 2 is 1.71 bits per heavy atom. The summed E-state index contributed by atoms with van der Waals surface area (Å²) in [5.74, 6) is -0.104. The molecule has 3 fully saturated rings. The maximum atomic E-state index is 13.3. The lowest BCUT2D eigenvalue weighted by atomic mass is 9.73. The largest absolute Gasteiger partial charge is 0.491 e. The first-order chi connectivity index (χ1) is 15.9. The van der Waals surface area contributed by atoms with Crippen molar-refractivity contribution in [2.24, 2.45) is 11.8 Å². The maximum Gasteiger partial charge on any atom is 0.416 e. The number of rotatable bonds is 6. The number of fused-ring (bicyclic) bond motifs is 3. The van der Waals surface area contributed by atoms with Crippen LogP contribution in [0.2, 0.25) is 0 Å². The average Bonchev–Trinajstić information content (AvgIpc) is 2.79. The zero-order valence-corrected chi connectivity index (χ0v) is 19.7. The summed E-state index contributed by atoms with van der Waals surface area (Å²) in [6.45, 7) is 4.09. The van der Waals surface area contributed by atoms with Gasteiger partial charge >= 0.3 is 6.18 Å². The molecule has 0 radical (unpaired) electrons. The summed E-state index contributed by atoms with van der Waals surface area (Å²) in [6.07, 6.45) is -2.60. The van der Waals surface area contributed by atoms with E-state index in [1.807, 2.05) is 13.8 Å². The molecule has 1 saturated carbocycles. The lowest BCUT2D eigenvalue weighted by Gasteiger charge is -2.48. The number of hydrogen-bond donors (Lipinski definition) is 1. The van der Waals surface area contributed by atoms with Crippen molar-refractivity contribution in [3.63, 3.8) is 0 Å². The van der Waals surface area contributed by atoms with Gasteiger partial charge in [0, 0.05) is 18.3 Å². The van der Waals surface area contributed by atoms with Crippen LogP contribution >= 0.6 is 0 Å². The maximum absolute atomic E-state index is 13.3. The number of amides is 1. The topological polar surface area (TPSA) is 75.7 Å². The molecule has 2 bridgehead atoms. The van der Waals surface area contributed by atoms with E-state index in [1.54, 1.807) is 24.3 Å². The van der Waals surface area contributed by atoms with Crippen molar-refractivity contribution in [3.05, 3.63) is 54.1 Å². The standard InChI is InChI=1S/C24H27F3N2O4S/c1-15(2)33-19-8-6-18(7-9-19)28-23(30)21-13-16-3-12-22(21)29(14-16)34(31,32)20-10-4-17(5-11-20)24(25,26)27/h4-11,15-16,21-22H,3,12-14H2,1-2H3,(H,28,30). The molecule has 0 aromatic heterocycles. The van der Waals surface area contributed by atoms with Crippen LogP contribution in [0.1, 0.15) is 38.7 Å². The fraction of sp³-hybridized carbons (Fsp3) is 0.458. The number of alkyl halides is 3. The number of carbonyl (C=O) groups excluding carboxylic acids is 1. The number of nitrogens with zero attached hydrogens (tertiary/aromatic N) is 1. The van der Waals surface area contributed by atoms with Crippen molar-refractivity contribution in [1.29, 1.82) is 0 Å². The fourth-order valence-electron chi connectivity index (χ4n) is 4.78. The second-order valence-electron chi connectivity index (χ2n) is 9.13. The minimum absolute atomic E-state index is 0.0202. The molecule has 184 valence electrons. The first-order valence-electron chi connectivity index (χ1n) is 11.2. The summed E-state index contributed by atoms with van der Waals surface area (Å²) in [5.41, 5.74) is -0.326. The number of halogens is 3. The van der Waals surface area contributed by atoms with Gasteiger partial charge in [-0.2, -0.15) is 17.5 Å². The van der Waals surface area contributed by atoms with Crippen LogP contribution in [-0.2, 0) is 21.0 Å². The van der Waals surface area contributed by atoms with E-state index >= 15 is 0 Å². The van der Waals surface area contributed by atoms with Crippen LogP contribution in [0, 0.1) is 11.8 Å². The number of carbonyl (C=O) groups is 1. The lowest BCUT2D eigenvalue weighted by molar-refractivity contribution is -0.137. The molecule has 10 heteroatoms. The molecule has 2 aliphatic heterocycles. The van der Waals surface area contributed by atoms with E-state index in [0.717, 1.165) is 30.7 Å². The van der Waals surface area contributed by atoms with Gasteiger partial charge in [0.05, 0.1) is 22.5 Å². The van der Waals surface area contributed by atoms with Crippen LogP contribution in [0.25, 0.3) is 0 Å². The zero-order chi connectivity index (χ0) is 24.7. The van der Waals surface area contributed by atoms with Crippen molar-refractivity contribution in [2.45, 2.75) is 56.3 Å². The molecule has 3 atom stereocenters. The Bertz CT molecular complexity index is 1130. The van der Waals surface area contributed by atoms with E-state index in [-0.39, 0.29) is 29.4 Å². The van der Waals surface area contributed by atoms with Gasteiger partial charge < -0.3 is 10.1 Å². The molecule has 3 aliphatic rings. The number of benzene rings is 2. The molecular weight excluding hydrogens is 469 g/mol. The molecule has 1 aliphatic carbocycles. The van der Waals surface area contributed by atoms with Crippen molar-refractivity contribution in [1.82, 2.24) is 4.31 Å². The molecule has 2 aromatic carbocycles. The number of nitrogens with one attached hydrogen (secondary N) is 1. The van der Waals surface area contributed by atoms with E-state index in [4.69, 9.17) is 4.74 Å². The van der Waals surface area contributed by atoms with Crippen molar-refractivity contribution < 1.29 is 31.1 Å². The molecule has 2 heterocycles. The third-order valence-electron chi connectivity index (χ3n) is 6.35. The summed E-state index contributed by atoms with van der Waals surface area (Å²) in [4.78, 5) is 12.9. The fourth-order valence-corrected chi connectivity index (χ4v) is 6.54. The van der Waals surface area contributed by atoms with E-state index in [1.165, 1.54) is 4.31 Å². The van der Waals surface area contributed by atoms with Crippen LogP contribution in [0.5, 0.6) is 5.75 Å². The van der Waals surface area contributed by atoms with Crippen LogP contribution in [-0.4, -0.2) is 37.3 Å². The highest BCUT2D eigenvalue weighted by Gasteiger charge is 2.48. The molecule has 1 amide bonds. The quantitative estimate of drug-likeness (QED) is 0.616. The Balaban J connectivity index is 1.50. The Hall–Kier alpha value is -2.59. The number of sulfonamides is 1. The van der Waals surface area contributed by atoms with Crippen LogP contribution in [0.3, 0.4) is 0 Å². The van der Waals surface area contributed by atoms with E-state index in [9.17, 15) is 26.4 Å². The van der Waals surface area contributed by atoms with Gasteiger partial charge in [-0.05, 0) is 87.6 Å². The number of hydrogen-bond acceptors (Lipinski definition) is 4. The molecule has 3 unspecified atom stereocenters.